The molecule has 0 amide bonds. The molecule has 60 valence electrons. The van der Waals surface area contributed by atoms with E-state index in [2.05, 4.69) is 0 Å². The van der Waals surface area contributed by atoms with Crippen molar-refractivity contribution in [2.45, 2.75) is 24.9 Å². The fraction of sp³-hybridized carbons (Fsp3) is 1.00. The van der Waals surface area contributed by atoms with Crippen LogP contribution in [-0.2, 0) is 9.47 Å². The zero-order valence-electron chi connectivity index (χ0n) is 5.86. The average Bonchev–Trinajstić information content (AvgIpc) is 1.95. The molecule has 0 aromatic heterocycles. The molecular weight excluding hydrogens is 136 g/mol. The summed E-state index contributed by atoms with van der Waals surface area (Å²) in [5, 5.41) is 18.0. The molecule has 0 spiro atoms. The van der Waals surface area contributed by atoms with E-state index in [1.54, 1.807) is 0 Å². The van der Waals surface area contributed by atoms with E-state index in [0.717, 1.165) is 0 Å². The van der Waals surface area contributed by atoms with Crippen molar-refractivity contribution in [2.24, 2.45) is 0 Å². The third-order valence-corrected chi connectivity index (χ3v) is 1.59. The molecule has 1 aliphatic heterocycles. The van der Waals surface area contributed by atoms with Gasteiger partial charge in [0, 0.05) is 13.5 Å². The maximum Gasteiger partial charge on any atom is 0.159 e. The van der Waals surface area contributed by atoms with Crippen molar-refractivity contribution in [2.75, 3.05) is 13.7 Å². The van der Waals surface area contributed by atoms with Crippen LogP contribution in [0, 0.1) is 0 Å². The van der Waals surface area contributed by atoms with Gasteiger partial charge in [-0.15, -0.1) is 0 Å². The molecule has 4 heteroatoms. The topological polar surface area (TPSA) is 58.9 Å². The molecule has 2 unspecified atom stereocenters. The Morgan fingerprint density at radius 2 is 2.10 bits per heavy atom. The third kappa shape index (κ3) is 1.67. The molecule has 0 aliphatic carbocycles. The van der Waals surface area contributed by atoms with E-state index in [1.165, 1.54) is 7.11 Å². The molecule has 1 heterocycles. The number of hydrogen-bond donors (Lipinski definition) is 2. The quantitative estimate of drug-likeness (QED) is 0.506. The summed E-state index contributed by atoms with van der Waals surface area (Å²) >= 11 is 0. The largest absolute Gasteiger partial charge is 0.390 e. The van der Waals surface area contributed by atoms with Gasteiger partial charge in [0.2, 0.25) is 0 Å². The first-order valence-electron chi connectivity index (χ1n) is 3.24. The van der Waals surface area contributed by atoms with Gasteiger partial charge in [-0.3, -0.25) is 0 Å². The van der Waals surface area contributed by atoms with E-state index in [0.29, 0.717) is 6.42 Å². The van der Waals surface area contributed by atoms with E-state index in [1.807, 2.05) is 0 Å². The summed E-state index contributed by atoms with van der Waals surface area (Å²) in [7, 11) is 1.51. The summed E-state index contributed by atoms with van der Waals surface area (Å²) in [5.74, 6) is 0. The molecule has 1 saturated heterocycles. The number of rotatable bonds is 1. The summed E-state index contributed by atoms with van der Waals surface area (Å²) < 4.78 is 9.79. The summed E-state index contributed by atoms with van der Waals surface area (Å²) in [6, 6.07) is 0. The van der Waals surface area contributed by atoms with Crippen molar-refractivity contribution < 1.29 is 19.7 Å². The van der Waals surface area contributed by atoms with Crippen molar-refractivity contribution >= 4 is 0 Å². The Morgan fingerprint density at radius 3 is 2.60 bits per heavy atom. The van der Waals surface area contributed by atoms with Crippen LogP contribution in [0.4, 0.5) is 0 Å². The minimum absolute atomic E-state index is 0.152. The van der Waals surface area contributed by atoms with Gasteiger partial charge in [0.25, 0.3) is 0 Å². The first-order valence-corrected chi connectivity index (χ1v) is 3.24. The lowest BCUT2D eigenvalue weighted by Crippen LogP contribution is -2.41. The van der Waals surface area contributed by atoms with Gasteiger partial charge >= 0.3 is 0 Å². The van der Waals surface area contributed by atoms with E-state index in [-0.39, 0.29) is 12.9 Å². The van der Waals surface area contributed by atoms with Gasteiger partial charge in [-0.25, -0.2) is 0 Å². The van der Waals surface area contributed by atoms with Crippen LogP contribution in [0.15, 0.2) is 0 Å². The van der Waals surface area contributed by atoms with Gasteiger partial charge in [0.05, 0.1) is 12.7 Å². The summed E-state index contributed by atoms with van der Waals surface area (Å²) in [6.45, 7) is 0.152. The Balaban J connectivity index is 2.33. The van der Waals surface area contributed by atoms with Crippen LogP contribution in [0.2, 0.25) is 0 Å². The monoisotopic (exact) mass is 148 g/mol. The lowest BCUT2D eigenvalue weighted by molar-refractivity contribution is -0.206. The second kappa shape index (κ2) is 3.30. The molecule has 0 aromatic rings. The highest BCUT2D eigenvalue weighted by atomic mass is 16.7. The molecule has 1 aliphatic rings. The predicted octanol–water partition coefficient (Wildman–Crippen LogP) is -0.899. The van der Waals surface area contributed by atoms with E-state index in [9.17, 15) is 0 Å². The lowest BCUT2D eigenvalue weighted by Gasteiger charge is -2.29. The fourth-order valence-corrected chi connectivity index (χ4v) is 0.904. The van der Waals surface area contributed by atoms with Gasteiger partial charge in [-0.1, -0.05) is 0 Å². The zero-order valence-corrected chi connectivity index (χ0v) is 5.86. The summed E-state index contributed by atoms with van der Waals surface area (Å²) in [6.07, 6.45) is -1.49. The molecule has 0 saturated carbocycles. The Morgan fingerprint density at radius 1 is 1.40 bits per heavy atom. The highest BCUT2D eigenvalue weighted by molar-refractivity contribution is 4.72. The van der Waals surface area contributed by atoms with E-state index < -0.39 is 12.2 Å². The van der Waals surface area contributed by atoms with Gasteiger partial charge in [0.15, 0.2) is 6.29 Å². The molecular formula is C6H12O4. The molecule has 3 atom stereocenters. The Hall–Kier alpha value is -0.160. The predicted molar refractivity (Wildman–Crippen MR) is 33.4 cm³/mol. The number of ether oxygens (including phenoxy) is 2. The molecule has 10 heavy (non-hydrogen) atoms. The second-order valence-electron chi connectivity index (χ2n) is 2.37. The molecule has 0 aromatic carbocycles. The zero-order chi connectivity index (χ0) is 7.56. The maximum absolute atomic E-state index is 9.07. The van der Waals surface area contributed by atoms with Crippen LogP contribution in [0.5, 0.6) is 0 Å². The van der Waals surface area contributed by atoms with Gasteiger partial charge in [-0.05, 0) is 0 Å². The molecule has 0 bridgehead atoms. The van der Waals surface area contributed by atoms with Gasteiger partial charge < -0.3 is 19.7 Å². The number of hydrogen-bond acceptors (Lipinski definition) is 4. The van der Waals surface area contributed by atoms with E-state index in [4.69, 9.17) is 19.7 Å². The smallest absolute Gasteiger partial charge is 0.159 e. The van der Waals surface area contributed by atoms with Crippen molar-refractivity contribution in [3.8, 4) is 0 Å². The van der Waals surface area contributed by atoms with Crippen molar-refractivity contribution in [1.82, 2.24) is 0 Å². The maximum atomic E-state index is 9.07. The highest BCUT2D eigenvalue weighted by Gasteiger charge is 2.27. The SMILES string of the molecule is COC1CC(O)[C@@H](O)CO1. The number of aliphatic hydroxyl groups is 2. The Labute approximate surface area is 59.4 Å². The molecule has 0 radical (unpaired) electrons. The third-order valence-electron chi connectivity index (χ3n) is 1.59. The highest BCUT2D eigenvalue weighted by Crippen LogP contribution is 2.14. The molecule has 1 fully saturated rings. The molecule has 2 N–H and O–H groups in total. The normalized spacial score (nSPS) is 41.7. The summed E-state index contributed by atoms with van der Waals surface area (Å²) in [4.78, 5) is 0. The van der Waals surface area contributed by atoms with Crippen LogP contribution >= 0.6 is 0 Å². The van der Waals surface area contributed by atoms with Crippen molar-refractivity contribution in [3.05, 3.63) is 0 Å². The molecule has 1 rings (SSSR count). The van der Waals surface area contributed by atoms with Crippen LogP contribution in [-0.4, -0.2) is 42.4 Å². The van der Waals surface area contributed by atoms with Gasteiger partial charge in [0.1, 0.15) is 6.10 Å². The van der Waals surface area contributed by atoms with Gasteiger partial charge in [-0.2, -0.15) is 0 Å². The van der Waals surface area contributed by atoms with Crippen molar-refractivity contribution in [1.29, 1.82) is 0 Å². The van der Waals surface area contributed by atoms with Crippen molar-refractivity contribution in [3.63, 3.8) is 0 Å². The standard InChI is InChI=1S/C6H12O4/c1-9-6-2-4(7)5(8)3-10-6/h4-8H,2-3H2,1H3/t4?,5-,6?/m0/s1. The van der Waals surface area contributed by atoms with Crippen LogP contribution < -0.4 is 0 Å². The van der Waals surface area contributed by atoms with Crippen LogP contribution in [0.1, 0.15) is 6.42 Å². The first kappa shape index (κ1) is 7.94. The Bertz CT molecular complexity index is 106. The average molecular weight is 148 g/mol. The fourth-order valence-electron chi connectivity index (χ4n) is 0.904. The molecule has 4 nitrogen and oxygen atoms in total. The minimum atomic E-state index is -0.758. The summed E-state index contributed by atoms with van der Waals surface area (Å²) in [5.41, 5.74) is 0. The number of methoxy groups -OCH3 is 1. The minimum Gasteiger partial charge on any atom is -0.390 e. The first-order chi connectivity index (χ1) is 4.74. The Kier molecular flexibility index (Phi) is 2.62. The van der Waals surface area contributed by atoms with Crippen LogP contribution in [0.3, 0.4) is 0 Å². The van der Waals surface area contributed by atoms with E-state index >= 15 is 0 Å². The van der Waals surface area contributed by atoms with Crippen LogP contribution in [0.25, 0.3) is 0 Å². The second-order valence-corrected chi connectivity index (χ2v) is 2.37. The lowest BCUT2D eigenvalue weighted by atomic mass is 10.1. The number of aliphatic hydroxyl groups excluding tert-OH is 2.